The summed E-state index contributed by atoms with van der Waals surface area (Å²) in [5, 5.41) is 2.91. The predicted molar refractivity (Wildman–Crippen MR) is 174 cm³/mol. The molecular weight excluding hydrogens is 628 g/mol. The van der Waals surface area contributed by atoms with Gasteiger partial charge in [-0.2, -0.15) is 0 Å². The number of carbonyl (C=O) groups is 2. The second kappa shape index (κ2) is 17.2. The normalized spacial score (nSPS) is 11.8. The maximum Gasteiger partial charge on any atom is 0.261 e. The Labute approximate surface area is 273 Å². The van der Waals surface area contributed by atoms with Gasteiger partial charge >= 0.3 is 0 Å². The number of rotatable bonds is 17. The molecule has 0 radical (unpaired) electrons. The summed E-state index contributed by atoms with van der Waals surface area (Å²) in [5.74, 6) is -1.56. The van der Waals surface area contributed by atoms with Crippen LogP contribution in [0.15, 0.2) is 108 Å². The van der Waals surface area contributed by atoms with Crippen molar-refractivity contribution in [3.8, 4) is 5.75 Å². The molecule has 0 heterocycles. The summed E-state index contributed by atoms with van der Waals surface area (Å²) in [5.41, 5.74) is 1.65. The highest BCUT2D eigenvalue weighted by atomic mass is 32.2. The summed E-state index contributed by atoms with van der Waals surface area (Å²) in [4.78, 5) is 28.7. The zero-order valence-electron chi connectivity index (χ0n) is 25.9. The summed E-state index contributed by atoms with van der Waals surface area (Å²) < 4.78 is 66.0. The van der Waals surface area contributed by atoms with Crippen LogP contribution >= 0.6 is 0 Å². The third kappa shape index (κ3) is 10.9. The lowest BCUT2D eigenvalue weighted by Gasteiger charge is -2.31. The molecule has 47 heavy (non-hydrogen) atoms. The molecule has 0 bridgehead atoms. The largest absolute Gasteiger partial charge is 0.484 e. The Balaban J connectivity index is 1.51. The molecule has 0 aliphatic rings. The number of halogens is 2. The van der Waals surface area contributed by atoms with Gasteiger partial charge in [-0.25, -0.2) is 17.2 Å². The van der Waals surface area contributed by atoms with Crippen molar-refractivity contribution in [2.45, 2.75) is 37.2 Å². The summed E-state index contributed by atoms with van der Waals surface area (Å²) >= 11 is 0. The fourth-order valence-corrected chi connectivity index (χ4v) is 5.72. The molecule has 248 valence electrons. The summed E-state index contributed by atoms with van der Waals surface area (Å²) in [6, 6.07) is 24.4. The topological polar surface area (TPSA) is 114 Å². The van der Waals surface area contributed by atoms with Crippen molar-refractivity contribution in [3.63, 3.8) is 0 Å². The minimum absolute atomic E-state index is 0.0125. The van der Waals surface area contributed by atoms with E-state index in [2.05, 4.69) is 10.0 Å². The SMILES string of the molecule is CCOCCCNC(=O)[C@H](Cc1ccccc1)N(Cc1ccc(F)cc1)C(=O)COc1ccc(S(=O)(=O)Nc2ccc(F)cc2)cc1. The Morgan fingerprint density at radius 2 is 1.47 bits per heavy atom. The highest BCUT2D eigenvalue weighted by Gasteiger charge is 2.30. The molecule has 0 aliphatic carbocycles. The Hall–Kier alpha value is -4.81. The molecular formula is C35H37F2N3O6S. The van der Waals surface area contributed by atoms with Crippen LogP contribution in [0.2, 0.25) is 0 Å². The molecule has 9 nitrogen and oxygen atoms in total. The lowest BCUT2D eigenvalue weighted by molar-refractivity contribution is -0.142. The molecule has 4 aromatic carbocycles. The first-order valence-electron chi connectivity index (χ1n) is 15.1. The number of hydrogen-bond acceptors (Lipinski definition) is 6. The number of nitrogens with one attached hydrogen (secondary N) is 2. The van der Waals surface area contributed by atoms with E-state index < -0.39 is 40.2 Å². The fourth-order valence-electron chi connectivity index (χ4n) is 4.66. The molecule has 2 amide bonds. The number of carbonyl (C=O) groups excluding carboxylic acids is 2. The smallest absolute Gasteiger partial charge is 0.261 e. The molecule has 1 atom stereocenters. The Morgan fingerprint density at radius 1 is 0.830 bits per heavy atom. The van der Waals surface area contributed by atoms with Crippen molar-refractivity contribution in [3.05, 3.63) is 126 Å². The third-order valence-electron chi connectivity index (χ3n) is 7.10. The Bertz CT molecular complexity index is 1690. The number of nitrogens with zero attached hydrogens (tertiary/aromatic N) is 1. The fraction of sp³-hybridized carbons (Fsp3) is 0.257. The van der Waals surface area contributed by atoms with Crippen LogP contribution < -0.4 is 14.8 Å². The number of anilines is 1. The monoisotopic (exact) mass is 665 g/mol. The number of ether oxygens (including phenoxy) is 2. The summed E-state index contributed by atoms with van der Waals surface area (Å²) in [6.45, 7) is 2.84. The first kappa shape index (κ1) is 35.1. The van der Waals surface area contributed by atoms with Gasteiger partial charge in [0, 0.05) is 38.4 Å². The highest BCUT2D eigenvalue weighted by Crippen LogP contribution is 2.21. The van der Waals surface area contributed by atoms with E-state index in [1.165, 1.54) is 53.4 Å². The molecule has 0 fully saturated rings. The van der Waals surface area contributed by atoms with Gasteiger partial charge in [-0.15, -0.1) is 0 Å². The lowest BCUT2D eigenvalue weighted by atomic mass is 10.0. The Kier molecular flexibility index (Phi) is 12.8. The van der Waals surface area contributed by atoms with Crippen molar-refractivity contribution in [1.82, 2.24) is 10.2 Å². The maximum absolute atomic E-state index is 13.8. The molecule has 2 N–H and O–H groups in total. The van der Waals surface area contributed by atoms with Crippen LogP contribution in [0, 0.1) is 11.6 Å². The maximum atomic E-state index is 13.8. The van der Waals surface area contributed by atoms with Gasteiger partial charge in [0.2, 0.25) is 5.91 Å². The van der Waals surface area contributed by atoms with Gasteiger partial charge in [0.05, 0.1) is 4.90 Å². The van der Waals surface area contributed by atoms with E-state index in [1.54, 1.807) is 12.1 Å². The minimum Gasteiger partial charge on any atom is -0.484 e. The number of amides is 2. The Morgan fingerprint density at radius 3 is 2.11 bits per heavy atom. The average molecular weight is 666 g/mol. The van der Waals surface area contributed by atoms with Crippen LogP contribution in [0.1, 0.15) is 24.5 Å². The number of hydrogen-bond donors (Lipinski definition) is 2. The van der Waals surface area contributed by atoms with Gasteiger partial charge in [-0.05, 0) is 85.1 Å². The predicted octanol–water partition coefficient (Wildman–Crippen LogP) is 5.33. The van der Waals surface area contributed by atoms with E-state index in [9.17, 15) is 26.8 Å². The van der Waals surface area contributed by atoms with Crippen LogP contribution in [-0.4, -0.2) is 57.5 Å². The lowest BCUT2D eigenvalue weighted by Crippen LogP contribution is -2.52. The van der Waals surface area contributed by atoms with Crippen LogP contribution in [0.4, 0.5) is 14.5 Å². The highest BCUT2D eigenvalue weighted by molar-refractivity contribution is 7.92. The molecule has 0 aromatic heterocycles. The molecule has 4 aromatic rings. The van der Waals surface area contributed by atoms with Crippen LogP contribution in [0.3, 0.4) is 0 Å². The van der Waals surface area contributed by atoms with E-state index in [0.717, 1.165) is 17.7 Å². The van der Waals surface area contributed by atoms with Crippen molar-refractivity contribution in [2.24, 2.45) is 0 Å². The van der Waals surface area contributed by atoms with Crippen molar-refractivity contribution < 1.29 is 36.3 Å². The van der Waals surface area contributed by atoms with E-state index in [-0.39, 0.29) is 35.2 Å². The number of benzene rings is 4. The van der Waals surface area contributed by atoms with Gasteiger partial charge in [-0.1, -0.05) is 42.5 Å². The zero-order chi connectivity index (χ0) is 33.6. The molecule has 0 unspecified atom stereocenters. The van der Waals surface area contributed by atoms with Gasteiger partial charge in [0.15, 0.2) is 6.61 Å². The molecule has 0 spiro atoms. The average Bonchev–Trinajstić information content (AvgIpc) is 3.07. The van der Waals surface area contributed by atoms with Gasteiger partial charge < -0.3 is 19.7 Å². The van der Waals surface area contributed by atoms with Gasteiger partial charge in [-0.3, -0.25) is 14.3 Å². The number of sulfonamides is 1. The van der Waals surface area contributed by atoms with Gasteiger partial charge in [0.25, 0.3) is 15.9 Å². The second-order valence-corrected chi connectivity index (χ2v) is 12.3. The van der Waals surface area contributed by atoms with E-state index in [0.29, 0.717) is 31.7 Å². The van der Waals surface area contributed by atoms with Gasteiger partial charge in [0.1, 0.15) is 23.4 Å². The quantitative estimate of drug-likeness (QED) is 0.148. The van der Waals surface area contributed by atoms with Crippen LogP contribution in [0.25, 0.3) is 0 Å². The van der Waals surface area contributed by atoms with Crippen LogP contribution in [0.5, 0.6) is 5.75 Å². The first-order chi connectivity index (χ1) is 22.6. The van der Waals surface area contributed by atoms with E-state index >= 15 is 0 Å². The van der Waals surface area contributed by atoms with Crippen molar-refractivity contribution in [2.75, 3.05) is 31.1 Å². The van der Waals surface area contributed by atoms with E-state index in [4.69, 9.17) is 9.47 Å². The second-order valence-electron chi connectivity index (χ2n) is 10.6. The zero-order valence-corrected chi connectivity index (χ0v) is 26.7. The molecule has 0 saturated carbocycles. The third-order valence-corrected chi connectivity index (χ3v) is 8.50. The molecule has 12 heteroatoms. The standard InChI is InChI=1S/C35H37F2N3O6S/c1-2-45-22-6-21-38-35(42)33(23-26-7-4-3-5-8-26)40(24-27-9-11-28(36)12-10-27)34(41)25-46-31-17-19-32(20-18-31)47(43,44)39-30-15-13-29(37)14-16-30/h3-5,7-20,33,39H,2,6,21-25H2,1H3,(H,38,42)/t33-/m0/s1. The molecule has 4 rings (SSSR count). The van der Waals surface area contributed by atoms with E-state index in [1.807, 2.05) is 37.3 Å². The molecule has 0 saturated heterocycles. The van der Waals surface area contributed by atoms with Crippen molar-refractivity contribution in [1.29, 1.82) is 0 Å². The summed E-state index contributed by atoms with van der Waals surface area (Å²) in [6.07, 6.45) is 0.816. The van der Waals surface area contributed by atoms with Crippen molar-refractivity contribution >= 4 is 27.5 Å². The van der Waals surface area contributed by atoms with Crippen LogP contribution in [-0.2, 0) is 37.3 Å². The first-order valence-corrected chi connectivity index (χ1v) is 16.6. The summed E-state index contributed by atoms with van der Waals surface area (Å²) in [7, 11) is -3.97. The minimum atomic E-state index is -3.97. The molecule has 0 aliphatic heterocycles.